The highest BCUT2D eigenvalue weighted by Gasteiger charge is 2.10. The van der Waals surface area contributed by atoms with E-state index in [0.29, 0.717) is 11.0 Å². The molecule has 0 radical (unpaired) electrons. The number of benzene rings is 3. The van der Waals surface area contributed by atoms with Crippen LogP contribution < -0.4 is 5.43 Å². The van der Waals surface area contributed by atoms with Crippen LogP contribution in [0.5, 0.6) is 0 Å². The van der Waals surface area contributed by atoms with Crippen LogP contribution in [0.2, 0.25) is 5.02 Å². The lowest BCUT2D eigenvalue weighted by atomic mass is 10.1. The van der Waals surface area contributed by atoms with Gasteiger partial charge in [0.15, 0.2) is 0 Å². The van der Waals surface area contributed by atoms with Gasteiger partial charge in [0.2, 0.25) is 5.95 Å². The van der Waals surface area contributed by atoms with Crippen LogP contribution in [0.4, 0.5) is 5.95 Å². The van der Waals surface area contributed by atoms with Crippen LogP contribution in [-0.4, -0.2) is 21.2 Å². The highest BCUT2D eigenvalue weighted by molar-refractivity contribution is 6.31. The van der Waals surface area contributed by atoms with Crippen molar-refractivity contribution < 1.29 is 0 Å². The third kappa shape index (κ3) is 3.56. The summed E-state index contributed by atoms with van der Waals surface area (Å²) in [6.07, 6.45) is 1.72. The molecule has 0 saturated carbocycles. The zero-order valence-electron chi connectivity index (χ0n) is 15.3. The molecule has 0 fully saturated rings. The maximum atomic E-state index is 6.20. The summed E-state index contributed by atoms with van der Waals surface area (Å²) in [6, 6.07) is 25.7. The average molecular weight is 398 g/mol. The van der Waals surface area contributed by atoms with Gasteiger partial charge in [-0.25, -0.2) is 15.4 Å². The fourth-order valence-electron chi connectivity index (χ4n) is 3.29. The second-order valence-corrected chi connectivity index (χ2v) is 7.04. The van der Waals surface area contributed by atoms with E-state index < -0.39 is 0 Å². The Morgan fingerprint density at radius 3 is 2.59 bits per heavy atom. The van der Waals surface area contributed by atoms with Crippen molar-refractivity contribution in [2.45, 2.75) is 0 Å². The van der Waals surface area contributed by atoms with Gasteiger partial charge in [-0.05, 0) is 30.3 Å². The molecule has 3 aromatic carbocycles. The van der Waals surface area contributed by atoms with E-state index >= 15 is 0 Å². The molecule has 29 heavy (non-hydrogen) atoms. The summed E-state index contributed by atoms with van der Waals surface area (Å²) in [7, 11) is 0. The lowest BCUT2D eigenvalue weighted by molar-refractivity contribution is 1.15. The fourth-order valence-corrected chi connectivity index (χ4v) is 3.46. The summed E-state index contributed by atoms with van der Waals surface area (Å²) < 4.78 is 0. The van der Waals surface area contributed by atoms with Crippen molar-refractivity contribution in [1.29, 1.82) is 0 Å². The molecule has 2 heterocycles. The summed E-state index contributed by atoms with van der Waals surface area (Å²) in [5.74, 6) is 0.422. The molecule has 140 valence electrons. The van der Waals surface area contributed by atoms with E-state index in [1.807, 2.05) is 72.8 Å². The van der Waals surface area contributed by atoms with Crippen molar-refractivity contribution in [3.05, 3.63) is 89.6 Å². The van der Waals surface area contributed by atoms with Gasteiger partial charge in [0.1, 0.15) is 0 Å². The van der Waals surface area contributed by atoms with Crippen molar-refractivity contribution in [3.8, 4) is 11.3 Å². The van der Waals surface area contributed by atoms with E-state index in [0.717, 1.165) is 38.8 Å². The van der Waals surface area contributed by atoms with Crippen LogP contribution in [-0.2, 0) is 0 Å². The molecule has 2 aromatic heterocycles. The lowest BCUT2D eigenvalue weighted by Gasteiger charge is -2.09. The van der Waals surface area contributed by atoms with Gasteiger partial charge in [-0.2, -0.15) is 5.10 Å². The number of nitrogens with one attached hydrogen (secondary N) is 2. The first-order valence-electron chi connectivity index (χ1n) is 9.16. The van der Waals surface area contributed by atoms with Crippen molar-refractivity contribution in [1.82, 2.24) is 15.0 Å². The minimum Gasteiger partial charge on any atom is -0.354 e. The lowest BCUT2D eigenvalue weighted by Crippen LogP contribution is -2.00. The standard InChI is InChI=1S/C23H16ClN5/c24-17-10-11-21-19(13-17)22(15-6-2-1-3-7-15)28-23(27-21)29-25-14-18-12-16-8-4-5-9-20(16)26-18/h1-14,26H,(H,27,28,29)/b25-14-. The number of hydrazone groups is 1. The Hall–Kier alpha value is -3.70. The van der Waals surface area contributed by atoms with Gasteiger partial charge >= 0.3 is 0 Å². The molecular formula is C23H16ClN5. The quantitative estimate of drug-likeness (QED) is 0.294. The van der Waals surface area contributed by atoms with Gasteiger partial charge in [-0.15, -0.1) is 0 Å². The molecule has 5 nitrogen and oxygen atoms in total. The third-order valence-electron chi connectivity index (χ3n) is 4.62. The smallest absolute Gasteiger partial charge is 0.244 e. The van der Waals surface area contributed by atoms with Crippen molar-refractivity contribution in [2.75, 3.05) is 5.43 Å². The zero-order chi connectivity index (χ0) is 19.6. The first-order valence-corrected chi connectivity index (χ1v) is 9.54. The summed E-state index contributed by atoms with van der Waals surface area (Å²) in [4.78, 5) is 12.6. The molecule has 0 saturated heterocycles. The number of hydrogen-bond acceptors (Lipinski definition) is 4. The molecule has 0 amide bonds. The summed E-state index contributed by atoms with van der Waals surface area (Å²) >= 11 is 6.20. The van der Waals surface area contributed by atoms with Crippen LogP contribution in [0.25, 0.3) is 33.1 Å². The molecule has 0 bridgehead atoms. The number of para-hydroxylation sites is 1. The number of rotatable bonds is 4. The topological polar surface area (TPSA) is 66.0 Å². The molecule has 0 aliphatic rings. The molecule has 5 rings (SSSR count). The van der Waals surface area contributed by atoms with Crippen LogP contribution in [0.15, 0.2) is 84.0 Å². The Bertz CT molecular complexity index is 1310. The highest BCUT2D eigenvalue weighted by Crippen LogP contribution is 2.29. The maximum Gasteiger partial charge on any atom is 0.244 e. The summed E-state index contributed by atoms with van der Waals surface area (Å²) in [6.45, 7) is 0. The van der Waals surface area contributed by atoms with E-state index in [-0.39, 0.29) is 0 Å². The first kappa shape index (κ1) is 17.4. The number of hydrogen-bond donors (Lipinski definition) is 2. The van der Waals surface area contributed by atoms with E-state index in [2.05, 4.69) is 31.5 Å². The number of halogens is 1. The SMILES string of the molecule is Clc1ccc2nc(N/N=C\c3cc4ccccc4[nH]3)nc(-c3ccccc3)c2c1. The second-order valence-electron chi connectivity index (χ2n) is 6.61. The molecule has 2 N–H and O–H groups in total. The Labute approximate surface area is 172 Å². The third-order valence-corrected chi connectivity index (χ3v) is 4.86. The van der Waals surface area contributed by atoms with Crippen molar-refractivity contribution in [3.63, 3.8) is 0 Å². The van der Waals surface area contributed by atoms with Gasteiger partial charge in [0, 0.05) is 26.9 Å². The summed E-state index contributed by atoms with van der Waals surface area (Å²) in [5.41, 5.74) is 7.51. The number of fused-ring (bicyclic) bond motifs is 2. The Morgan fingerprint density at radius 1 is 0.897 bits per heavy atom. The second kappa shape index (κ2) is 7.37. The summed E-state index contributed by atoms with van der Waals surface area (Å²) in [5, 5.41) is 6.99. The number of aromatic nitrogens is 3. The Kier molecular flexibility index (Phi) is 4.42. The van der Waals surface area contributed by atoms with Crippen LogP contribution >= 0.6 is 11.6 Å². The van der Waals surface area contributed by atoms with E-state index in [9.17, 15) is 0 Å². The number of nitrogens with zero attached hydrogens (tertiary/aromatic N) is 3. The number of aromatic amines is 1. The normalized spacial score (nSPS) is 11.5. The van der Waals surface area contributed by atoms with E-state index in [4.69, 9.17) is 11.6 Å². The van der Waals surface area contributed by atoms with Gasteiger partial charge in [-0.1, -0.05) is 60.1 Å². The van der Waals surface area contributed by atoms with Gasteiger partial charge in [0.05, 0.1) is 23.1 Å². The number of anilines is 1. The highest BCUT2D eigenvalue weighted by atomic mass is 35.5. The largest absolute Gasteiger partial charge is 0.354 e. The minimum atomic E-state index is 0.422. The average Bonchev–Trinajstić information content (AvgIpc) is 3.17. The molecule has 0 unspecified atom stereocenters. The van der Waals surface area contributed by atoms with Gasteiger partial charge in [0.25, 0.3) is 0 Å². The molecule has 5 aromatic rings. The zero-order valence-corrected chi connectivity index (χ0v) is 16.1. The van der Waals surface area contributed by atoms with Crippen LogP contribution in [0.1, 0.15) is 5.69 Å². The van der Waals surface area contributed by atoms with Crippen LogP contribution in [0, 0.1) is 0 Å². The van der Waals surface area contributed by atoms with E-state index in [1.54, 1.807) is 6.21 Å². The Morgan fingerprint density at radius 2 is 1.72 bits per heavy atom. The molecule has 6 heteroatoms. The molecule has 0 atom stereocenters. The first-order chi connectivity index (χ1) is 14.3. The minimum absolute atomic E-state index is 0.422. The van der Waals surface area contributed by atoms with Crippen molar-refractivity contribution >= 4 is 45.6 Å². The van der Waals surface area contributed by atoms with Gasteiger partial charge < -0.3 is 4.98 Å². The maximum absolute atomic E-state index is 6.20. The number of H-pyrrole nitrogens is 1. The molecular weight excluding hydrogens is 382 g/mol. The van der Waals surface area contributed by atoms with Crippen LogP contribution in [0.3, 0.4) is 0 Å². The molecule has 0 aliphatic carbocycles. The predicted octanol–water partition coefficient (Wildman–Crippen LogP) is 5.88. The fraction of sp³-hybridized carbons (Fsp3) is 0. The predicted molar refractivity (Wildman–Crippen MR) is 119 cm³/mol. The monoisotopic (exact) mass is 397 g/mol. The Balaban J connectivity index is 1.50. The molecule has 0 aliphatic heterocycles. The van der Waals surface area contributed by atoms with Gasteiger partial charge in [-0.3, -0.25) is 0 Å². The van der Waals surface area contributed by atoms with E-state index in [1.165, 1.54) is 0 Å². The van der Waals surface area contributed by atoms with Crippen molar-refractivity contribution in [2.24, 2.45) is 5.10 Å². The molecule has 0 spiro atoms.